The molecule has 5 nitrogen and oxygen atoms in total. The Labute approximate surface area is 139 Å². The molecule has 1 aromatic carbocycles. The standard InChI is InChI=1S/C17H19N3O2S/c1-3-20(8-9-21)16-15-14(10-23-17(15)19-11-18-16)12-4-6-13(22-2)7-5-12/h4-7,10-11,21H,3,8-9H2,1-2H3. The molecule has 120 valence electrons. The summed E-state index contributed by atoms with van der Waals surface area (Å²) in [6.07, 6.45) is 1.59. The summed E-state index contributed by atoms with van der Waals surface area (Å²) in [6, 6.07) is 7.99. The van der Waals surface area contributed by atoms with Gasteiger partial charge in [-0.25, -0.2) is 9.97 Å². The average Bonchev–Trinajstić information content (AvgIpc) is 3.04. The Balaban J connectivity index is 2.13. The molecule has 0 atom stereocenters. The van der Waals surface area contributed by atoms with Crippen molar-refractivity contribution in [3.05, 3.63) is 36.0 Å². The fourth-order valence-electron chi connectivity index (χ4n) is 2.62. The van der Waals surface area contributed by atoms with Crippen LogP contribution < -0.4 is 9.64 Å². The minimum atomic E-state index is 0.0986. The predicted molar refractivity (Wildman–Crippen MR) is 94.4 cm³/mol. The highest BCUT2D eigenvalue weighted by Gasteiger charge is 2.16. The van der Waals surface area contributed by atoms with Crippen LogP contribution in [-0.2, 0) is 0 Å². The maximum Gasteiger partial charge on any atom is 0.141 e. The van der Waals surface area contributed by atoms with E-state index in [2.05, 4.69) is 27.2 Å². The molecule has 0 saturated heterocycles. The van der Waals surface area contributed by atoms with E-state index in [0.29, 0.717) is 6.54 Å². The Kier molecular flexibility index (Phi) is 4.73. The van der Waals surface area contributed by atoms with Gasteiger partial charge < -0.3 is 14.7 Å². The lowest BCUT2D eigenvalue weighted by molar-refractivity contribution is 0.302. The molecule has 0 bridgehead atoms. The Hall–Kier alpha value is -2.18. The number of likely N-dealkylation sites (N-methyl/N-ethyl adjacent to an activating group) is 1. The molecule has 0 amide bonds. The number of nitrogens with zero attached hydrogens (tertiary/aromatic N) is 3. The number of fused-ring (bicyclic) bond motifs is 1. The summed E-state index contributed by atoms with van der Waals surface area (Å²) in [4.78, 5) is 11.9. The number of hydrogen-bond acceptors (Lipinski definition) is 6. The van der Waals surface area contributed by atoms with E-state index in [9.17, 15) is 5.11 Å². The number of anilines is 1. The third-order valence-corrected chi connectivity index (χ3v) is 4.69. The summed E-state index contributed by atoms with van der Waals surface area (Å²) < 4.78 is 5.23. The van der Waals surface area contributed by atoms with Gasteiger partial charge in [0.25, 0.3) is 0 Å². The van der Waals surface area contributed by atoms with Gasteiger partial charge in [-0.1, -0.05) is 12.1 Å². The van der Waals surface area contributed by atoms with E-state index in [1.807, 2.05) is 24.3 Å². The largest absolute Gasteiger partial charge is 0.497 e. The quantitative estimate of drug-likeness (QED) is 0.753. The first kappa shape index (κ1) is 15.7. The summed E-state index contributed by atoms with van der Waals surface area (Å²) in [5.74, 6) is 1.71. The zero-order valence-electron chi connectivity index (χ0n) is 13.2. The van der Waals surface area contributed by atoms with E-state index in [0.717, 1.165) is 39.5 Å². The number of aromatic nitrogens is 2. The molecule has 3 aromatic rings. The van der Waals surface area contributed by atoms with Gasteiger partial charge in [0, 0.05) is 24.0 Å². The zero-order chi connectivity index (χ0) is 16.2. The molecule has 2 aromatic heterocycles. The van der Waals surface area contributed by atoms with Gasteiger partial charge >= 0.3 is 0 Å². The normalized spacial score (nSPS) is 10.9. The van der Waals surface area contributed by atoms with Gasteiger partial charge in [-0.15, -0.1) is 11.3 Å². The highest BCUT2D eigenvalue weighted by molar-refractivity contribution is 7.17. The van der Waals surface area contributed by atoms with Crippen LogP contribution in [-0.4, -0.2) is 41.9 Å². The smallest absolute Gasteiger partial charge is 0.141 e. The molecule has 6 heteroatoms. The molecular weight excluding hydrogens is 310 g/mol. The first-order chi connectivity index (χ1) is 11.3. The number of hydrogen-bond donors (Lipinski definition) is 1. The third kappa shape index (κ3) is 3.00. The highest BCUT2D eigenvalue weighted by Crippen LogP contribution is 2.38. The molecule has 0 aliphatic carbocycles. The molecule has 3 rings (SSSR count). The van der Waals surface area contributed by atoms with Crippen molar-refractivity contribution < 1.29 is 9.84 Å². The predicted octanol–water partition coefficient (Wildman–Crippen LogP) is 3.19. The van der Waals surface area contributed by atoms with Crippen LogP contribution in [0.5, 0.6) is 5.75 Å². The van der Waals surface area contributed by atoms with Gasteiger partial charge in [0.05, 0.1) is 19.1 Å². The van der Waals surface area contributed by atoms with Crippen LogP contribution in [0.2, 0.25) is 0 Å². The number of aliphatic hydroxyl groups is 1. The molecule has 0 fully saturated rings. The van der Waals surface area contributed by atoms with E-state index in [4.69, 9.17) is 4.74 Å². The molecule has 0 saturated carbocycles. The average molecular weight is 329 g/mol. The van der Waals surface area contributed by atoms with E-state index >= 15 is 0 Å². The van der Waals surface area contributed by atoms with Crippen LogP contribution >= 0.6 is 11.3 Å². The second-order valence-electron chi connectivity index (χ2n) is 5.06. The van der Waals surface area contributed by atoms with Crippen molar-refractivity contribution in [2.24, 2.45) is 0 Å². The SMILES string of the molecule is CCN(CCO)c1ncnc2scc(-c3ccc(OC)cc3)c12. The summed E-state index contributed by atoms with van der Waals surface area (Å²) >= 11 is 1.61. The highest BCUT2D eigenvalue weighted by atomic mass is 32.1. The van der Waals surface area contributed by atoms with Gasteiger partial charge in [0.15, 0.2) is 0 Å². The Morgan fingerprint density at radius 3 is 2.65 bits per heavy atom. The molecule has 23 heavy (non-hydrogen) atoms. The maximum absolute atomic E-state index is 9.30. The second kappa shape index (κ2) is 6.93. The summed E-state index contributed by atoms with van der Waals surface area (Å²) in [5, 5.41) is 12.4. The number of ether oxygens (including phenoxy) is 1. The molecule has 0 unspecified atom stereocenters. The van der Waals surface area contributed by atoms with Crippen molar-refractivity contribution >= 4 is 27.4 Å². The number of benzene rings is 1. The van der Waals surface area contributed by atoms with Gasteiger partial charge in [0.1, 0.15) is 22.7 Å². The summed E-state index contributed by atoms with van der Waals surface area (Å²) in [7, 11) is 1.66. The number of methoxy groups -OCH3 is 1. The van der Waals surface area contributed by atoms with Crippen LogP contribution in [0.4, 0.5) is 5.82 Å². The third-order valence-electron chi connectivity index (χ3n) is 3.80. The Morgan fingerprint density at radius 1 is 1.22 bits per heavy atom. The first-order valence-electron chi connectivity index (χ1n) is 7.51. The van der Waals surface area contributed by atoms with Gasteiger partial charge in [-0.05, 0) is 24.6 Å². The number of thiophene rings is 1. The van der Waals surface area contributed by atoms with Crippen LogP contribution in [0, 0.1) is 0 Å². The minimum absolute atomic E-state index is 0.0986. The molecule has 2 heterocycles. The van der Waals surface area contributed by atoms with E-state index in [-0.39, 0.29) is 6.61 Å². The van der Waals surface area contributed by atoms with Crippen LogP contribution in [0.3, 0.4) is 0 Å². The van der Waals surface area contributed by atoms with Gasteiger partial charge in [-0.3, -0.25) is 0 Å². The second-order valence-corrected chi connectivity index (χ2v) is 5.92. The van der Waals surface area contributed by atoms with E-state index in [1.165, 1.54) is 0 Å². The Bertz CT molecular complexity index is 786. The lowest BCUT2D eigenvalue weighted by atomic mass is 10.1. The van der Waals surface area contributed by atoms with Crippen LogP contribution in [0.15, 0.2) is 36.0 Å². The minimum Gasteiger partial charge on any atom is -0.497 e. The molecule has 0 aliphatic rings. The van der Waals surface area contributed by atoms with Gasteiger partial charge in [-0.2, -0.15) is 0 Å². The first-order valence-corrected chi connectivity index (χ1v) is 8.38. The van der Waals surface area contributed by atoms with Crippen LogP contribution in [0.25, 0.3) is 21.3 Å². The number of aliphatic hydroxyl groups excluding tert-OH is 1. The van der Waals surface area contributed by atoms with Crippen molar-refractivity contribution in [2.45, 2.75) is 6.92 Å². The molecular formula is C17H19N3O2S. The Morgan fingerprint density at radius 2 is 2.00 bits per heavy atom. The lowest BCUT2D eigenvalue weighted by Crippen LogP contribution is -2.27. The molecule has 0 aliphatic heterocycles. The fourth-order valence-corrected chi connectivity index (χ4v) is 3.53. The summed E-state index contributed by atoms with van der Waals surface area (Å²) in [6.45, 7) is 3.50. The lowest BCUT2D eigenvalue weighted by Gasteiger charge is -2.21. The van der Waals surface area contributed by atoms with E-state index in [1.54, 1.807) is 24.8 Å². The van der Waals surface area contributed by atoms with Crippen molar-refractivity contribution in [1.29, 1.82) is 0 Å². The molecule has 1 N–H and O–H groups in total. The molecule has 0 radical (unpaired) electrons. The van der Waals surface area contributed by atoms with Crippen molar-refractivity contribution in [3.8, 4) is 16.9 Å². The zero-order valence-corrected chi connectivity index (χ0v) is 14.0. The maximum atomic E-state index is 9.30. The van der Waals surface area contributed by atoms with Crippen molar-refractivity contribution in [3.63, 3.8) is 0 Å². The van der Waals surface area contributed by atoms with Crippen molar-refractivity contribution in [1.82, 2.24) is 9.97 Å². The monoisotopic (exact) mass is 329 g/mol. The fraction of sp³-hybridized carbons (Fsp3) is 0.294. The van der Waals surface area contributed by atoms with E-state index < -0.39 is 0 Å². The topological polar surface area (TPSA) is 58.5 Å². The van der Waals surface area contributed by atoms with Crippen molar-refractivity contribution in [2.75, 3.05) is 31.7 Å². The van der Waals surface area contributed by atoms with Gasteiger partial charge in [0.2, 0.25) is 0 Å². The number of rotatable bonds is 6. The van der Waals surface area contributed by atoms with Crippen LogP contribution in [0.1, 0.15) is 6.92 Å². The molecule has 0 spiro atoms. The summed E-state index contributed by atoms with van der Waals surface area (Å²) in [5.41, 5.74) is 2.22.